The van der Waals surface area contributed by atoms with Crippen LogP contribution in [-0.2, 0) is 6.54 Å². The van der Waals surface area contributed by atoms with Gasteiger partial charge in [0, 0.05) is 22.6 Å². The zero-order valence-electron chi connectivity index (χ0n) is 8.98. The Kier molecular flexibility index (Phi) is 5.37. The van der Waals surface area contributed by atoms with E-state index in [1.165, 1.54) is 5.57 Å². The molecule has 0 amide bonds. The van der Waals surface area contributed by atoms with Crippen LogP contribution in [0.15, 0.2) is 34.3 Å². The Balaban J connectivity index is 2.50. The predicted molar refractivity (Wildman–Crippen MR) is 70.3 cm³/mol. The molecule has 0 aliphatic heterocycles. The normalized spacial score (nSPS) is 10.1. The van der Waals surface area contributed by atoms with Crippen molar-refractivity contribution in [2.45, 2.75) is 20.4 Å². The highest BCUT2D eigenvalue weighted by atomic mass is 79.9. The molecule has 0 saturated heterocycles. The summed E-state index contributed by atoms with van der Waals surface area (Å²) in [6, 6.07) is 5.89. The zero-order chi connectivity index (χ0) is 11.3. The van der Waals surface area contributed by atoms with Crippen LogP contribution in [0.5, 0.6) is 0 Å². The van der Waals surface area contributed by atoms with Gasteiger partial charge in [-0.25, -0.2) is 0 Å². The van der Waals surface area contributed by atoms with Crippen LogP contribution >= 0.6 is 27.5 Å². The van der Waals surface area contributed by atoms with Crippen molar-refractivity contribution < 1.29 is 0 Å². The average Bonchev–Trinajstić information content (AvgIpc) is 2.17. The highest BCUT2D eigenvalue weighted by Crippen LogP contribution is 2.20. The molecule has 0 spiro atoms. The van der Waals surface area contributed by atoms with Crippen LogP contribution in [0.4, 0.5) is 0 Å². The van der Waals surface area contributed by atoms with Crippen molar-refractivity contribution in [3.8, 4) is 0 Å². The number of halogens is 2. The Bertz CT molecular complexity index is 357. The number of allylic oxidation sites excluding steroid dienone is 1. The van der Waals surface area contributed by atoms with Gasteiger partial charge in [0.05, 0.1) is 0 Å². The molecule has 0 aliphatic rings. The van der Waals surface area contributed by atoms with Gasteiger partial charge in [0.1, 0.15) is 0 Å². The molecule has 0 fully saturated rings. The standard InChI is InChI=1S/C12H15BrClN/c1-9(2)5-6-15-8-10-7-11(13)3-4-12(10)14/h3-5,7,15H,6,8H2,1-2H3. The quantitative estimate of drug-likeness (QED) is 0.648. The molecule has 1 N–H and O–H groups in total. The summed E-state index contributed by atoms with van der Waals surface area (Å²) >= 11 is 9.49. The number of rotatable bonds is 4. The van der Waals surface area contributed by atoms with E-state index < -0.39 is 0 Å². The van der Waals surface area contributed by atoms with Crippen molar-refractivity contribution in [3.05, 3.63) is 44.9 Å². The van der Waals surface area contributed by atoms with Gasteiger partial charge >= 0.3 is 0 Å². The lowest BCUT2D eigenvalue weighted by Gasteiger charge is -2.05. The maximum absolute atomic E-state index is 6.06. The summed E-state index contributed by atoms with van der Waals surface area (Å²) in [6.07, 6.45) is 2.16. The third-order valence-corrected chi connectivity index (χ3v) is 2.84. The van der Waals surface area contributed by atoms with Gasteiger partial charge in [-0.15, -0.1) is 0 Å². The summed E-state index contributed by atoms with van der Waals surface area (Å²) in [6.45, 7) is 5.86. The highest BCUT2D eigenvalue weighted by molar-refractivity contribution is 9.10. The highest BCUT2D eigenvalue weighted by Gasteiger charge is 1.99. The summed E-state index contributed by atoms with van der Waals surface area (Å²) in [5.41, 5.74) is 2.44. The molecule has 0 heterocycles. The second kappa shape index (κ2) is 6.31. The molecule has 15 heavy (non-hydrogen) atoms. The van der Waals surface area contributed by atoms with E-state index in [-0.39, 0.29) is 0 Å². The van der Waals surface area contributed by atoms with Crippen molar-refractivity contribution >= 4 is 27.5 Å². The Hall–Kier alpha value is -0.310. The fourth-order valence-corrected chi connectivity index (χ4v) is 1.75. The predicted octanol–water partition coefficient (Wildman–Crippen LogP) is 4.16. The monoisotopic (exact) mass is 287 g/mol. The van der Waals surface area contributed by atoms with Crippen molar-refractivity contribution in [2.75, 3.05) is 6.54 Å². The van der Waals surface area contributed by atoms with Crippen LogP contribution in [0, 0.1) is 0 Å². The van der Waals surface area contributed by atoms with E-state index in [1.807, 2.05) is 18.2 Å². The molecule has 1 aromatic carbocycles. The van der Waals surface area contributed by atoms with Gasteiger partial charge < -0.3 is 5.32 Å². The minimum atomic E-state index is 0.794. The van der Waals surface area contributed by atoms with E-state index in [0.717, 1.165) is 28.1 Å². The minimum Gasteiger partial charge on any atom is -0.309 e. The Morgan fingerprint density at radius 1 is 1.47 bits per heavy atom. The van der Waals surface area contributed by atoms with E-state index in [1.54, 1.807) is 0 Å². The van der Waals surface area contributed by atoms with Crippen molar-refractivity contribution in [1.82, 2.24) is 5.32 Å². The molecule has 82 valence electrons. The first-order chi connectivity index (χ1) is 7.09. The van der Waals surface area contributed by atoms with Gasteiger partial charge in [0.2, 0.25) is 0 Å². The topological polar surface area (TPSA) is 12.0 Å². The summed E-state index contributed by atoms with van der Waals surface area (Å²) in [5.74, 6) is 0. The summed E-state index contributed by atoms with van der Waals surface area (Å²) < 4.78 is 1.06. The molecule has 0 unspecified atom stereocenters. The summed E-state index contributed by atoms with van der Waals surface area (Å²) in [4.78, 5) is 0. The number of hydrogen-bond acceptors (Lipinski definition) is 1. The summed E-state index contributed by atoms with van der Waals surface area (Å²) in [7, 11) is 0. The molecule has 0 saturated carbocycles. The second-order valence-corrected chi connectivity index (χ2v) is 4.97. The molecule has 1 rings (SSSR count). The van der Waals surface area contributed by atoms with Crippen LogP contribution in [0.3, 0.4) is 0 Å². The van der Waals surface area contributed by atoms with Gasteiger partial charge in [0.25, 0.3) is 0 Å². The zero-order valence-corrected chi connectivity index (χ0v) is 11.3. The first-order valence-electron chi connectivity index (χ1n) is 4.87. The van der Waals surface area contributed by atoms with Crippen LogP contribution in [0.1, 0.15) is 19.4 Å². The molecular formula is C12H15BrClN. The third kappa shape index (κ3) is 4.83. The van der Waals surface area contributed by atoms with Crippen molar-refractivity contribution in [3.63, 3.8) is 0 Å². The van der Waals surface area contributed by atoms with E-state index in [2.05, 4.69) is 41.2 Å². The maximum Gasteiger partial charge on any atom is 0.0451 e. The second-order valence-electron chi connectivity index (χ2n) is 3.65. The minimum absolute atomic E-state index is 0.794. The lowest BCUT2D eigenvalue weighted by molar-refractivity contribution is 0.757. The van der Waals surface area contributed by atoms with Crippen molar-refractivity contribution in [2.24, 2.45) is 0 Å². The molecule has 3 heteroatoms. The van der Waals surface area contributed by atoms with Gasteiger partial charge in [0.15, 0.2) is 0 Å². The average molecular weight is 289 g/mol. The number of hydrogen-bond donors (Lipinski definition) is 1. The third-order valence-electron chi connectivity index (χ3n) is 1.98. The fraction of sp³-hybridized carbons (Fsp3) is 0.333. The van der Waals surface area contributed by atoms with Gasteiger partial charge in [-0.2, -0.15) is 0 Å². The summed E-state index contributed by atoms with van der Waals surface area (Å²) in [5, 5.41) is 4.13. The molecule has 0 bridgehead atoms. The van der Waals surface area contributed by atoms with Crippen LogP contribution in [0.25, 0.3) is 0 Å². The number of nitrogens with one attached hydrogen (secondary N) is 1. The van der Waals surface area contributed by atoms with E-state index in [0.29, 0.717) is 0 Å². The lowest BCUT2D eigenvalue weighted by atomic mass is 10.2. The lowest BCUT2D eigenvalue weighted by Crippen LogP contribution is -2.13. The Morgan fingerprint density at radius 3 is 2.87 bits per heavy atom. The Morgan fingerprint density at radius 2 is 2.20 bits per heavy atom. The first kappa shape index (κ1) is 12.8. The number of benzene rings is 1. The maximum atomic E-state index is 6.06. The largest absolute Gasteiger partial charge is 0.309 e. The van der Waals surface area contributed by atoms with E-state index in [9.17, 15) is 0 Å². The molecule has 1 nitrogen and oxygen atoms in total. The molecule has 0 aliphatic carbocycles. The Labute approximate surface area is 105 Å². The molecular weight excluding hydrogens is 273 g/mol. The van der Waals surface area contributed by atoms with Gasteiger partial charge in [-0.3, -0.25) is 0 Å². The van der Waals surface area contributed by atoms with Crippen LogP contribution in [-0.4, -0.2) is 6.54 Å². The molecule has 0 radical (unpaired) electrons. The van der Waals surface area contributed by atoms with Crippen LogP contribution in [0.2, 0.25) is 5.02 Å². The van der Waals surface area contributed by atoms with Crippen LogP contribution < -0.4 is 5.32 Å². The van der Waals surface area contributed by atoms with Gasteiger partial charge in [-0.05, 0) is 37.6 Å². The SMILES string of the molecule is CC(C)=CCNCc1cc(Br)ccc1Cl. The van der Waals surface area contributed by atoms with Gasteiger partial charge in [-0.1, -0.05) is 39.2 Å². The smallest absolute Gasteiger partial charge is 0.0451 e. The fourth-order valence-electron chi connectivity index (χ4n) is 1.16. The first-order valence-corrected chi connectivity index (χ1v) is 6.04. The van der Waals surface area contributed by atoms with Crippen molar-refractivity contribution in [1.29, 1.82) is 0 Å². The molecule has 0 aromatic heterocycles. The van der Waals surface area contributed by atoms with E-state index in [4.69, 9.17) is 11.6 Å². The van der Waals surface area contributed by atoms with E-state index >= 15 is 0 Å². The molecule has 1 aromatic rings. The molecule has 0 atom stereocenters.